The van der Waals surface area contributed by atoms with Crippen molar-refractivity contribution in [2.24, 2.45) is 0 Å². The van der Waals surface area contributed by atoms with Crippen molar-refractivity contribution in [3.8, 4) is 11.6 Å². The molecular weight excluding hydrogens is 440 g/mol. The van der Waals surface area contributed by atoms with Gasteiger partial charge in [0.15, 0.2) is 15.5 Å². The van der Waals surface area contributed by atoms with Crippen LogP contribution in [0, 0.1) is 6.92 Å². The molecule has 0 saturated carbocycles. The molecule has 33 heavy (non-hydrogen) atoms. The molecule has 1 saturated heterocycles. The van der Waals surface area contributed by atoms with E-state index in [0.29, 0.717) is 22.6 Å². The lowest BCUT2D eigenvalue weighted by molar-refractivity contribution is 0.166. The summed E-state index contributed by atoms with van der Waals surface area (Å²) < 4.78 is 31.4. The molecule has 4 aromatic rings. The maximum Gasteiger partial charge on any atom is 0.228 e. The van der Waals surface area contributed by atoms with Crippen molar-refractivity contribution < 1.29 is 13.2 Å². The Morgan fingerprint density at radius 3 is 2.39 bits per heavy atom. The van der Waals surface area contributed by atoms with E-state index in [-0.39, 0.29) is 11.0 Å². The summed E-state index contributed by atoms with van der Waals surface area (Å²) >= 11 is 0. The number of aromatic nitrogens is 5. The van der Waals surface area contributed by atoms with E-state index in [1.54, 1.807) is 35.1 Å². The molecule has 0 N–H and O–H groups in total. The Morgan fingerprint density at radius 1 is 0.970 bits per heavy atom. The fraction of sp³-hybridized carbons (Fsp3) is 0.304. The Kier molecular flexibility index (Phi) is 5.45. The number of fused-ring (bicyclic) bond motifs is 1. The van der Waals surface area contributed by atoms with Crippen LogP contribution in [-0.4, -0.2) is 58.6 Å². The van der Waals surface area contributed by atoms with Crippen LogP contribution in [0.1, 0.15) is 18.4 Å². The second-order valence-electron chi connectivity index (χ2n) is 8.24. The standard InChI is InChI=1S/C23H24N6O3S/c1-16-3-8-21(24-13-16)28-11-9-18(10-12-28)32-23-20-14-27-29(22(20)25-15-26-23)17-4-6-19(7-5-17)33(2,30)31/h3-8,13-15,18H,9-12H2,1-2H3. The number of anilines is 1. The van der Waals surface area contributed by atoms with Gasteiger partial charge in [-0.3, -0.25) is 0 Å². The molecule has 10 heteroatoms. The zero-order valence-corrected chi connectivity index (χ0v) is 19.2. The van der Waals surface area contributed by atoms with Crippen molar-refractivity contribution in [3.05, 3.63) is 60.7 Å². The summed E-state index contributed by atoms with van der Waals surface area (Å²) in [4.78, 5) is 15.8. The molecule has 1 fully saturated rings. The van der Waals surface area contributed by atoms with Gasteiger partial charge in [-0.05, 0) is 42.8 Å². The second kappa shape index (κ2) is 8.43. The highest BCUT2D eigenvalue weighted by molar-refractivity contribution is 7.90. The molecule has 5 rings (SSSR count). The molecule has 0 aliphatic carbocycles. The highest BCUT2D eigenvalue weighted by atomic mass is 32.2. The fourth-order valence-electron chi connectivity index (χ4n) is 3.95. The number of benzene rings is 1. The van der Waals surface area contributed by atoms with Gasteiger partial charge in [0.1, 0.15) is 23.6 Å². The van der Waals surface area contributed by atoms with E-state index in [1.807, 2.05) is 13.1 Å². The summed E-state index contributed by atoms with van der Waals surface area (Å²) in [6.07, 6.45) is 7.99. The summed E-state index contributed by atoms with van der Waals surface area (Å²) in [7, 11) is -3.26. The third-order valence-corrected chi connectivity index (χ3v) is 6.91. The molecule has 0 spiro atoms. The van der Waals surface area contributed by atoms with E-state index in [0.717, 1.165) is 37.3 Å². The fourth-order valence-corrected chi connectivity index (χ4v) is 4.58. The van der Waals surface area contributed by atoms with Crippen molar-refractivity contribution in [2.75, 3.05) is 24.2 Å². The van der Waals surface area contributed by atoms with Crippen molar-refractivity contribution in [3.63, 3.8) is 0 Å². The topological polar surface area (TPSA) is 103 Å². The van der Waals surface area contributed by atoms with Gasteiger partial charge < -0.3 is 9.64 Å². The number of nitrogens with zero attached hydrogens (tertiary/aromatic N) is 6. The van der Waals surface area contributed by atoms with E-state index in [2.05, 4.69) is 37.1 Å². The van der Waals surface area contributed by atoms with Crippen LogP contribution in [0.4, 0.5) is 5.82 Å². The average Bonchev–Trinajstić information content (AvgIpc) is 3.25. The lowest BCUT2D eigenvalue weighted by Crippen LogP contribution is -2.38. The summed E-state index contributed by atoms with van der Waals surface area (Å²) in [6.45, 7) is 3.76. The molecule has 0 atom stereocenters. The van der Waals surface area contributed by atoms with Crippen molar-refractivity contribution in [1.29, 1.82) is 0 Å². The summed E-state index contributed by atoms with van der Waals surface area (Å²) in [5.41, 5.74) is 2.46. The Hall–Kier alpha value is -3.53. The first-order chi connectivity index (χ1) is 15.9. The van der Waals surface area contributed by atoms with Gasteiger partial charge in [0.25, 0.3) is 0 Å². The number of piperidine rings is 1. The number of hydrogen-bond acceptors (Lipinski definition) is 8. The van der Waals surface area contributed by atoms with Crippen molar-refractivity contribution >= 4 is 26.7 Å². The number of sulfone groups is 1. The van der Waals surface area contributed by atoms with E-state index in [1.165, 1.54) is 12.6 Å². The minimum absolute atomic E-state index is 0.0437. The largest absolute Gasteiger partial charge is 0.474 e. The first-order valence-corrected chi connectivity index (χ1v) is 12.6. The maximum atomic E-state index is 11.7. The van der Waals surface area contributed by atoms with Gasteiger partial charge in [0, 0.05) is 38.4 Å². The quantitative estimate of drug-likeness (QED) is 0.444. The highest BCUT2D eigenvalue weighted by Gasteiger charge is 2.23. The molecule has 3 aromatic heterocycles. The Bertz CT molecular complexity index is 1380. The first-order valence-electron chi connectivity index (χ1n) is 10.7. The zero-order valence-electron chi connectivity index (χ0n) is 18.4. The Morgan fingerprint density at radius 2 is 1.73 bits per heavy atom. The minimum atomic E-state index is -3.26. The third-order valence-electron chi connectivity index (χ3n) is 5.78. The molecule has 9 nitrogen and oxygen atoms in total. The van der Waals surface area contributed by atoms with Gasteiger partial charge in [-0.15, -0.1) is 0 Å². The number of rotatable bonds is 5. The van der Waals surface area contributed by atoms with E-state index >= 15 is 0 Å². The van der Waals surface area contributed by atoms with Gasteiger partial charge >= 0.3 is 0 Å². The number of hydrogen-bond donors (Lipinski definition) is 0. The predicted octanol–water partition coefficient (Wildman–Crippen LogP) is 2.97. The van der Waals surface area contributed by atoms with E-state index in [4.69, 9.17) is 4.74 Å². The molecule has 1 aliphatic rings. The van der Waals surface area contributed by atoms with Gasteiger partial charge in [-0.1, -0.05) is 6.07 Å². The van der Waals surface area contributed by atoms with Crippen LogP contribution in [0.25, 0.3) is 16.7 Å². The van der Waals surface area contributed by atoms with Crippen LogP contribution in [0.3, 0.4) is 0 Å². The molecule has 1 aromatic carbocycles. The molecular formula is C23H24N6O3S. The second-order valence-corrected chi connectivity index (χ2v) is 10.3. The molecule has 0 amide bonds. The van der Waals surface area contributed by atoms with Gasteiger partial charge in [-0.2, -0.15) is 5.10 Å². The van der Waals surface area contributed by atoms with Crippen molar-refractivity contribution in [1.82, 2.24) is 24.7 Å². The predicted molar refractivity (Wildman–Crippen MR) is 125 cm³/mol. The molecule has 4 heterocycles. The average molecular weight is 465 g/mol. The van der Waals surface area contributed by atoms with E-state index in [9.17, 15) is 8.42 Å². The summed E-state index contributed by atoms with van der Waals surface area (Å²) in [5, 5.41) is 5.15. The lowest BCUT2D eigenvalue weighted by atomic mass is 10.1. The summed E-state index contributed by atoms with van der Waals surface area (Å²) in [6, 6.07) is 10.7. The third kappa shape index (κ3) is 4.38. The molecule has 0 bridgehead atoms. The van der Waals surface area contributed by atoms with Crippen molar-refractivity contribution in [2.45, 2.75) is 30.8 Å². The lowest BCUT2D eigenvalue weighted by Gasteiger charge is -2.32. The van der Waals surface area contributed by atoms with Crippen LogP contribution in [-0.2, 0) is 9.84 Å². The molecule has 0 unspecified atom stereocenters. The van der Waals surface area contributed by atoms with Crippen LogP contribution in [0.15, 0.2) is 60.0 Å². The number of aryl methyl sites for hydroxylation is 1. The number of pyridine rings is 1. The van der Waals surface area contributed by atoms with Crippen LogP contribution >= 0.6 is 0 Å². The smallest absolute Gasteiger partial charge is 0.228 e. The SMILES string of the molecule is Cc1ccc(N2CCC(Oc3ncnc4c3cnn4-c3ccc(S(C)(=O)=O)cc3)CC2)nc1. The molecule has 170 valence electrons. The summed E-state index contributed by atoms with van der Waals surface area (Å²) in [5.74, 6) is 1.50. The Balaban J connectivity index is 1.32. The molecule has 1 aliphatic heterocycles. The van der Waals surface area contributed by atoms with Gasteiger partial charge in [0.05, 0.1) is 16.8 Å². The minimum Gasteiger partial charge on any atom is -0.474 e. The zero-order chi connectivity index (χ0) is 23.0. The maximum absolute atomic E-state index is 11.7. The van der Waals surface area contributed by atoms with Crippen LogP contribution in [0.5, 0.6) is 5.88 Å². The van der Waals surface area contributed by atoms with Gasteiger partial charge in [-0.25, -0.2) is 28.1 Å². The number of ether oxygens (including phenoxy) is 1. The normalized spacial score (nSPS) is 15.2. The molecule has 0 radical (unpaired) electrons. The highest BCUT2D eigenvalue weighted by Crippen LogP contribution is 2.27. The van der Waals surface area contributed by atoms with Gasteiger partial charge in [0.2, 0.25) is 5.88 Å². The van der Waals surface area contributed by atoms with Crippen LogP contribution in [0.2, 0.25) is 0 Å². The monoisotopic (exact) mass is 464 g/mol. The first kappa shape index (κ1) is 21.3. The van der Waals surface area contributed by atoms with Crippen LogP contribution < -0.4 is 9.64 Å². The Labute approximate surface area is 192 Å². The van der Waals surface area contributed by atoms with E-state index < -0.39 is 9.84 Å².